The molecular weight excluding hydrogens is 612 g/mol. The van der Waals surface area contributed by atoms with Gasteiger partial charge in [-0.2, -0.15) is 0 Å². The molecule has 0 radical (unpaired) electrons. The number of nitro groups is 2. The highest BCUT2D eigenvalue weighted by molar-refractivity contribution is 8.03. The standard InChI is InChI=1S/C28H26N6O10S/c1-15-29-26(31-30-15)45-21-12-20-22(28(2,3)44-27(37)43-14-17-6-10-19(11-7-17)34(40)41)24(35)32(20)23(21)25(36)42-13-16-4-8-18(9-5-16)33(38)39/h4-11,20,22H,12-14H2,1-3H3,(H,29,30,31)/t20-,22+/m1/s1. The molecule has 5 rings (SSSR count). The van der Waals surface area contributed by atoms with E-state index in [4.69, 9.17) is 14.2 Å². The lowest BCUT2D eigenvalue weighted by Gasteiger charge is -2.49. The van der Waals surface area contributed by atoms with Gasteiger partial charge in [-0.05, 0) is 56.2 Å². The van der Waals surface area contributed by atoms with E-state index in [9.17, 15) is 34.6 Å². The fourth-order valence-electron chi connectivity index (χ4n) is 5.09. The van der Waals surface area contributed by atoms with Gasteiger partial charge in [0.05, 0.1) is 21.8 Å². The largest absolute Gasteiger partial charge is 0.509 e. The Labute approximate surface area is 259 Å². The summed E-state index contributed by atoms with van der Waals surface area (Å²) in [7, 11) is 0. The van der Waals surface area contributed by atoms with Crippen LogP contribution in [0.2, 0.25) is 0 Å². The number of nitrogens with zero attached hydrogens (tertiary/aromatic N) is 5. The minimum absolute atomic E-state index is 0.0205. The lowest BCUT2D eigenvalue weighted by molar-refractivity contribution is -0.385. The van der Waals surface area contributed by atoms with Crippen molar-refractivity contribution in [3.8, 4) is 0 Å². The number of non-ortho nitro benzene ring substituents is 2. The van der Waals surface area contributed by atoms with Crippen LogP contribution in [0.25, 0.3) is 0 Å². The maximum absolute atomic E-state index is 13.5. The van der Waals surface area contributed by atoms with E-state index in [1.54, 1.807) is 20.8 Å². The van der Waals surface area contributed by atoms with E-state index in [0.29, 0.717) is 27.0 Å². The fourth-order valence-corrected chi connectivity index (χ4v) is 6.11. The van der Waals surface area contributed by atoms with Gasteiger partial charge in [-0.25, -0.2) is 14.6 Å². The molecule has 3 aromatic rings. The second-order valence-electron chi connectivity index (χ2n) is 10.7. The maximum Gasteiger partial charge on any atom is 0.509 e. The summed E-state index contributed by atoms with van der Waals surface area (Å²) >= 11 is 1.10. The number of β-lactam (4-membered cyclic amide) rings is 1. The number of aryl methyl sites for hydroxylation is 1. The zero-order valence-corrected chi connectivity index (χ0v) is 24.9. The Morgan fingerprint density at radius 3 is 2.07 bits per heavy atom. The number of thioether (sulfide) groups is 1. The Hall–Kier alpha value is -5.32. The monoisotopic (exact) mass is 638 g/mol. The number of carbonyl (C=O) groups is 3. The van der Waals surface area contributed by atoms with Gasteiger partial charge in [-0.3, -0.25) is 30.1 Å². The van der Waals surface area contributed by atoms with Gasteiger partial charge in [0, 0.05) is 35.6 Å². The van der Waals surface area contributed by atoms with Gasteiger partial charge in [-0.15, -0.1) is 5.10 Å². The number of ether oxygens (including phenoxy) is 3. The summed E-state index contributed by atoms with van der Waals surface area (Å²) in [5.74, 6) is -1.51. The van der Waals surface area contributed by atoms with Crippen molar-refractivity contribution in [3.05, 3.63) is 96.3 Å². The number of hydrogen-bond donors (Lipinski definition) is 1. The molecule has 17 heteroatoms. The highest BCUT2D eigenvalue weighted by Crippen LogP contribution is 2.51. The van der Waals surface area contributed by atoms with Crippen molar-refractivity contribution in [2.45, 2.75) is 57.2 Å². The van der Waals surface area contributed by atoms with Gasteiger partial charge < -0.3 is 19.1 Å². The fraction of sp³-hybridized carbons (Fsp3) is 0.321. The molecule has 2 aliphatic heterocycles. The number of nitrogens with one attached hydrogen (secondary N) is 1. The molecule has 16 nitrogen and oxygen atoms in total. The second kappa shape index (κ2) is 12.4. The molecular formula is C28H26N6O10S. The van der Waals surface area contributed by atoms with Crippen LogP contribution in [0.1, 0.15) is 37.2 Å². The number of amides is 1. The Morgan fingerprint density at radius 2 is 1.56 bits per heavy atom. The molecule has 0 aliphatic carbocycles. The molecule has 1 aromatic heterocycles. The average Bonchev–Trinajstić information content (AvgIpc) is 3.54. The number of nitro benzene ring substituents is 2. The van der Waals surface area contributed by atoms with Crippen LogP contribution in [0.4, 0.5) is 16.2 Å². The van der Waals surface area contributed by atoms with Gasteiger partial charge in [0.25, 0.3) is 11.4 Å². The van der Waals surface area contributed by atoms with E-state index in [2.05, 4.69) is 15.2 Å². The van der Waals surface area contributed by atoms with E-state index in [0.717, 1.165) is 11.8 Å². The summed E-state index contributed by atoms with van der Waals surface area (Å²) in [4.78, 5) is 66.2. The Kier molecular flexibility index (Phi) is 8.54. The van der Waals surface area contributed by atoms with Gasteiger partial charge in [-0.1, -0.05) is 11.8 Å². The van der Waals surface area contributed by atoms with Gasteiger partial charge in [0.1, 0.15) is 30.3 Å². The first-order valence-corrected chi connectivity index (χ1v) is 14.3. The van der Waals surface area contributed by atoms with E-state index in [-0.39, 0.29) is 36.7 Å². The average molecular weight is 639 g/mol. The predicted molar refractivity (Wildman–Crippen MR) is 154 cm³/mol. The lowest BCUT2D eigenvalue weighted by atomic mass is 9.76. The molecule has 1 saturated heterocycles. The van der Waals surface area contributed by atoms with Gasteiger partial charge in [0.2, 0.25) is 11.1 Å². The summed E-state index contributed by atoms with van der Waals surface area (Å²) in [5, 5.41) is 28.9. The topological polar surface area (TPSA) is 210 Å². The van der Waals surface area contributed by atoms with Crippen molar-refractivity contribution >= 4 is 41.2 Å². The van der Waals surface area contributed by atoms with Crippen molar-refractivity contribution in [2.75, 3.05) is 0 Å². The van der Waals surface area contributed by atoms with E-state index in [1.165, 1.54) is 53.4 Å². The highest BCUT2D eigenvalue weighted by atomic mass is 32.2. The number of rotatable bonds is 11. The summed E-state index contributed by atoms with van der Waals surface area (Å²) in [6.45, 7) is 4.45. The molecule has 2 atom stereocenters. The minimum Gasteiger partial charge on any atom is -0.456 e. The normalized spacial score (nSPS) is 17.4. The summed E-state index contributed by atoms with van der Waals surface area (Å²) in [6, 6.07) is 10.4. The number of carbonyl (C=O) groups excluding carboxylic acids is 3. The minimum atomic E-state index is -1.33. The first kappa shape index (κ1) is 31.1. The summed E-state index contributed by atoms with van der Waals surface area (Å²) in [6.07, 6.45) is -0.801. The third-order valence-corrected chi connectivity index (χ3v) is 8.19. The highest BCUT2D eigenvalue weighted by Gasteiger charge is 2.62. The first-order valence-electron chi connectivity index (χ1n) is 13.5. The summed E-state index contributed by atoms with van der Waals surface area (Å²) in [5.41, 5.74) is -0.512. The van der Waals surface area contributed by atoms with Crippen LogP contribution in [-0.4, -0.2) is 59.6 Å². The summed E-state index contributed by atoms with van der Waals surface area (Å²) < 4.78 is 16.2. The molecule has 0 unspecified atom stereocenters. The van der Waals surface area contributed by atoms with Crippen molar-refractivity contribution in [1.82, 2.24) is 20.1 Å². The second-order valence-corrected chi connectivity index (χ2v) is 11.8. The molecule has 1 N–H and O–H groups in total. The van der Waals surface area contributed by atoms with Crippen LogP contribution in [0.15, 0.2) is 64.3 Å². The van der Waals surface area contributed by atoms with Crippen LogP contribution in [0, 0.1) is 33.1 Å². The van der Waals surface area contributed by atoms with E-state index in [1.807, 2.05) is 0 Å². The van der Waals surface area contributed by atoms with E-state index >= 15 is 0 Å². The van der Waals surface area contributed by atoms with Gasteiger partial charge in [0.15, 0.2) is 0 Å². The van der Waals surface area contributed by atoms with Crippen molar-refractivity contribution in [3.63, 3.8) is 0 Å². The SMILES string of the molecule is Cc1nc(SC2=C(C(=O)OCc3ccc([N+](=O)[O-])cc3)N3C(=O)[C@@H](C(C)(C)OC(=O)OCc4ccc([N+](=O)[O-])cc4)[C@H]3C2)n[nH]1. The number of fused-ring (bicyclic) bond motifs is 1. The van der Waals surface area contributed by atoms with Crippen LogP contribution >= 0.6 is 11.8 Å². The number of H-pyrrole nitrogens is 1. The molecule has 0 saturated carbocycles. The molecule has 234 valence electrons. The molecule has 0 bridgehead atoms. The van der Waals surface area contributed by atoms with Crippen LogP contribution < -0.4 is 0 Å². The predicted octanol–water partition coefficient (Wildman–Crippen LogP) is 4.34. The van der Waals surface area contributed by atoms with Crippen LogP contribution in [-0.2, 0) is 37.0 Å². The van der Waals surface area contributed by atoms with Crippen molar-refractivity contribution in [1.29, 1.82) is 0 Å². The van der Waals surface area contributed by atoms with Crippen LogP contribution in [0.5, 0.6) is 0 Å². The molecule has 3 heterocycles. The third kappa shape index (κ3) is 6.62. The lowest BCUT2D eigenvalue weighted by Crippen LogP contribution is -2.66. The zero-order valence-electron chi connectivity index (χ0n) is 24.1. The quantitative estimate of drug-likeness (QED) is 0.134. The van der Waals surface area contributed by atoms with Crippen LogP contribution in [0.3, 0.4) is 0 Å². The van der Waals surface area contributed by atoms with E-state index < -0.39 is 45.4 Å². The molecule has 2 aliphatic rings. The Balaban J connectivity index is 1.27. The number of hydrogen-bond acceptors (Lipinski definition) is 13. The number of aromatic amines is 1. The van der Waals surface area contributed by atoms with Crippen molar-refractivity contribution in [2.24, 2.45) is 5.92 Å². The zero-order chi connectivity index (χ0) is 32.5. The number of benzene rings is 2. The maximum atomic E-state index is 13.5. The molecule has 2 aromatic carbocycles. The molecule has 1 amide bonds. The first-order chi connectivity index (χ1) is 21.3. The number of esters is 1. The Morgan fingerprint density at radius 1 is 1.00 bits per heavy atom. The smallest absolute Gasteiger partial charge is 0.456 e. The Bertz CT molecular complexity index is 1700. The molecule has 1 fully saturated rings. The van der Waals surface area contributed by atoms with Gasteiger partial charge >= 0.3 is 12.1 Å². The molecule has 45 heavy (non-hydrogen) atoms. The van der Waals surface area contributed by atoms with Crippen molar-refractivity contribution < 1.29 is 38.4 Å². The number of aromatic nitrogens is 3. The molecule has 0 spiro atoms. The third-order valence-electron chi connectivity index (χ3n) is 7.22.